The molecule has 0 spiro atoms. The zero-order valence-electron chi connectivity index (χ0n) is 15.4. The van der Waals surface area contributed by atoms with Gasteiger partial charge in [-0.2, -0.15) is 0 Å². The Morgan fingerprint density at radius 3 is 2.60 bits per heavy atom. The maximum atomic E-state index is 12.8. The molecule has 6 heteroatoms. The van der Waals surface area contributed by atoms with E-state index in [0.29, 0.717) is 19.7 Å². The highest BCUT2D eigenvalue weighted by molar-refractivity contribution is 6.31. The topological polar surface area (TPSA) is 36.0 Å². The lowest BCUT2D eigenvalue weighted by Gasteiger charge is -2.46. The van der Waals surface area contributed by atoms with Crippen LogP contribution < -0.4 is 0 Å². The Hall–Kier alpha value is -1.14. The molecule has 2 saturated heterocycles. The smallest absolute Gasteiger partial charge is 0.236 e. The number of halogens is 1. The molecular weight excluding hydrogens is 338 g/mol. The van der Waals surface area contributed by atoms with Crippen molar-refractivity contribution >= 4 is 17.5 Å². The third-order valence-electron chi connectivity index (χ3n) is 5.31. The SMILES string of the molecule is CN1CCN(C(=O)CN2CC(c3ccccc3Cl)OCC2(C)C)CC1. The van der Waals surface area contributed by atoms with Gasteiger partial charge >= 0.3 is 0 Å². The van der Waals surface area contributed by atoms with Crippen LogP contribution >= 0.6 is 11.6 Å². The van der Waals surface area contributed by atoms with Crippen molar-refractivity contribution in [1.29, 1.82) is 0 Å². The molecule has 1 aromatic carbocycles. The lowest BCUT2D eigenvalue weighted by atomic mass is 9.98. The van der Waals surface area contributed by atoms with Crippen molar-refractivity contribution < 1.29 is 9.53 Å². The molecule has 0 radical (unpaired) electrons. The molecule has 0 aromatic heterocycles. The molecule has 1 amide bonds. The van der Waals surface area contributed by atoms with Crippen LogP contribution in [0.4, 0.5) is 0 Å². The minimum Gasteiger partial charge on any atom is -0.370 e. The van der Waals surface area contributed by atoms with E-state index >= 15 is 0 Å². The van der Waals surface area contributed by atoms with E-state index < -0.39 is 0 Å². The summed E-state index contributed by atoms with van der Waals surface area (Å²) in [5, 5.41) is 0.720. The average molecular weight is 366 g/mol. The predicted molar refractivity (Wildman–Crippen MR) is 99.9 cm³/mol. The summed E-state index contributed by atoms with van der Waals surface area (Å²) in [5.74, 6) is 0.209. The first kappa shape index (κ1) is 18.6. The van der Waals surface area contributed by atoms with Gasteiger partial charge in [0.1, 0.15) is 0 Å². The third-order valence-corrected chi connectivity index (χ3v) is 5.66. The highest BCUT2D eigenvalue weighted by Gasteiger charge is 2.38. The lowest BCUT2D eigenvalue weighted by Crippen LogP contribution is -2.58. The van der Waals surface area contributed by atoms with E-state index in [1.54, 1.807) is 0 Å². The molecule has 1 aromatic rings. The zero-order valence-corrected chi connectivity index (χ0v) is 16.1. The molecule has 2 heterocycles. The van der Waals surface area contributed by atoms with E-state index in [1.807, 2.05) is 29.2 Å². The van der Waals surface area contributed by atoms with Crippen LogP contribution in [0.3, 0.4) is 0 Å². The van der Waals surface area contributed by atoms with E-state index in [2.05, 4.69) is 30.7 Å². The second-order valence-corrected chi connectivity index (χ2v) is 8.11. The third kappa shape index (κ3) is 4.34. The first-order valence-corrected chi connectivity index (χ1v) is 9.32. The van der Waals surface area contributed by atoms with Gasteiger partial charge in [0.05, 0.1) is 19.3 Å². The molecular formula is C19H28ClN3O2. The second kappa shape index (κ2) is 7.62. The number of benzene rings is 1. The fourth-order valence-electron chi connectivity index (χ4n) is 3.42. The summed E-state index contributed by atoms with van der Waals surface area (Å²) in [7, 11) is 2.10. The van der Waals surface area contributed by atoms with Gasteiger partial charge < -0.3 is 14.5 Å². The minimum atomic E-state index is -0.167. The molecule has 2 fully saturated rings. The number of hydrogen-bond donors (Lipinski definition) is 0. The maximum Gasteiger partial charge on any atom is 0.236 e. The van der Waals surface area contributed by atoms with E-state index in [9.17, 15) is 4.79 Å². The summed E-state index contributed by atoms with van der Waals surface area (Å²) in [6, 6.07) is 7.79. The van der Waals surface area contributed by atoms with Gasteiger partial charge in [0, 0.05) is 48.8 Å². The fourth-order valence-corrected chi connectivity index (χ4v) is 3.68. The number of hydrogen-bond acceptors (Lipinski definition) is 4. The van der Waals surface area contributed by atoms with Gasteiger partial charge in [-0.1, -0.05) is 29.8 Å². The average Bonchev–Trinajstić information content (AvgIpc) is 2.58. The number of nitrogens with zero attached hydrogens (tertiary/aromatic N) is 3. The molecule has 1 atom stereocenters. The fraction of sp³-hybridized carbons (Fsp3) is 0.632. The standard InChI is InChI=1S/C19H28ClN3O2/c1-19(2)14-25-17(15-6-4-5-7-16(15)20)12-23(19)13-18(24)22-10-8-21(3)9-11-22/h4-7,17H,8-14H2,1-3H3. The van der Waals surface area contributed by atoms with Crippen LogP contribution in [0.25, 0.3) is 0 Å². The van der Waals surface area contributed by atoms with E-state index in [1.165, 1.54) is 0 Å². The van der Waals surface area contributed by atoms with Crippen LogP contribution in [0.2, 0.25) is 5.02 Å². The number of ether oxygens (including phenoxy) is 1. The summed E-state index contributed by atoms with van der Waals surface area (Å²) in [4.78, 5) is 19.3. The van der Waals surface area contributed by atoms with Gasteiger partial charge in [0.2, 0.25) is 5.91 Å². The van der Waals surface area contributed by atoms with Crippen molar-refractivity contribution in [2.75, 3.05) is 52.9 Å². The number of piperazine rings is 1. The number of likely N-dealkylation sites (N-methyl/N-ethyl adjacent to an activating group) is 1. The first-order valence-electron chi connectivity index (χ1n) is 8.94. The number of rotatable bonds is 3. The van der Waals surface area contributed by atoms with Gasteiger partial charge in [-0.25, -0.2) is 0 Å². The van der Waals surface area contributed by atoms with Crippen LogP contribution in [0, 0.1) is 0 Å². The monoisotopic (exact) mass is 365 g/mol. The van der Waals surface area contributed by atoms with Crippen molar-refractivity contribution in [1.82, 2.24) is 14.7 Å². The summed E-state index contributed by atoms with van der Waals surface area (Å²) >= 11 is 6.34. The summed E-state index contributed by atoms with van der Waals surface area (Å²) in [5.41, 5.74) is 0.830. The van der Waals surface area contributed by atoms with Crippen molar-refractivity contribution in [2.24, 2.45) is 0 Å². The number of morpholine rings is 1. The van der Waals surface area contributed by atoms with E-state index in [-0.39, 0.29) is 17.6 Å². The summed E-state index contributed by atoms with van der Waals surface area (Å²) in [6.07, 6.45) is -0.0954. The van der Waals surface area contributed by atoms with Gasteiger partial charge in [-0.05, 0) is 27.0 Å². The van der Waals surface area contributed by atoms with Gasteiger partial charge in [0.25, 0.3) is 0 Å². The molecule has 0 bridgehead atoms. The molecule has 0 aliphatic carbocycles. The van der Waals surface area contributed by atoms with Crippen molar-refractivity contribution in [2.45, 2.75) is 25.5 Å². The second-order valence-electron chi connectivity index (χ2n) is 7.70. The molecule has 25 heavy (non-hydrogen) atoms. The Labute approximate surface area is 155 Å². The maximum absolute atomic E-state index is 12.8. The normalized spacial score (nSPS) is 25.1. The lowest BCUT2D eigenvalue weighted by molar-refractivity contribution is -0.143. The highest BCUT2D eigenvalue weighted by atomic mass is 35.5. The molecule has 0 N–H and O–H groups in total. The number of carbonyl (C=O) groups is 1. The van der Waals surface area contributed by atoms with E-state index in [0.717, 1.165) is 36.8 Å². The molecule has 2 aliphatic rings. The zero-order chi connectivity index (χ0) is 18.0. The molecule has 138 valence electrons. The largest absolute Gasteiger partial charge is 0.370 e. The Kier molecular flexibility index (Phi) is 5.68. The molecule has 1 unspecified atom stereocenters. The highest BCUT2D eigenvalue weighted by Crippen LogP contribution is 2.33. The Morgan fingerprint density at radius 1 is 1.24 bits per heavy atom. The van der Waals surface area contributed by atoms with Crippen molar-refractivity contribution in [3.8, 4) is 0 Å². The molecule has 2 aliphatic heterocycles. The predicted octanol–water partition coefficient (Wildman–Crippen LogP) is 2.27. The quantitative estimate of drug-likeness (QED) is 0.823. The van der Waals surface area contributed by atoms with Crippen LogP contribution in [-0.2, 0) is 9.53 Å². The Morgan fingerprint density at radius 2 is 1.92 bits per heavy atom. The van der Waals surface area contributed by atoms with E-state index in [4.69, 9.17) is 16.3 Å². The Balaban J connectivity index is 1.67. The van der Waals surface area contributed by atoms with Crippen LogP contribution in [-0.4, -0.2) is 79.1 Å². The van der Waals surface area contributed by atoms with Gasteiger partial charge in [-0.3, -0.25) is 9.69 Å². The number of amides is 1. The molecule has 0 saturated carbocycles. The first-order chi connectivity index (χ1) is 11.9. The van der Waals surface area contributed by atoms with Crippen LogP contribution in [0.15, 0.2) is 24.3 Å². The van der Waals surface area contributed by atoms with Crippen molar-refractivity contribution in [3.05, 3.63) is 34.9 Å². The van der Waals surface area contributed by atoms with Gasteiger partial charge in [0.15, 0.2) is 0 Å². The minimum absolute atomic E-state index is 0.0954. The summed E-state index contributed by atoms with van der Waals surface area (Å²) in [6.45, 7) is 9.47. The molecule has 5 nitrogen and oxygen atoms in total. The molecule has 3 rings (SSSR count). The Bertz CT molecular complexity index is 614. The summed E-state index contributed by atoms with van der Waals surface area (Å²) < 4.78 is 6.07. The van der Waals surface area contributed by atoms with Crippen LogP contribution in [0.5, 0.6) is 0 Å². The van der Waals surface area contributed by atoms with Crippen LogP contribution in [0.1, 0.15) is 25.5 Å². The number of carbonyl (C=O) groups excluding carboxylic acids is 1. The van der Waals surface area contributed by atoms with Crippen molar-refractivity contribution in [3.63, 3.8) is 0 Å². The van der Waals surface area contributed by atoms with Gasteiger partial charge in [-0.15, -0.1) is 0 Å².